The van der Waals surface area contributed by atoms with E-state index < -0.39 is 0 Å². The molecule has 0 N–H and O–H groups in total. The van der Waals surface area contributed by atoms with E-state index in [1.54, 1.807) is 7.11 Å². The molecule has 0 radical (unpaired) electrons. The summed E-state index contributed by atoms with van der Waals surface area (Å²) in [6.45, 7) is 2.10. The van der Waals surface area contributed by atoms with Gasteiger partial charge in [0.15, 0.2) is 0 Å². The minimum absolute atomic E-state index is 0.263. The van der Waals surface area contributed by atoms with E-state index in [1.807, 2.05) is 18.2 Å². The van der Waals surface area contributed by atoms with Gasteiger partial charge in [0.1, 0.15) is 5.75 Å². The van der Waals surface area contributed by atoms with E-state index in [4.69, 9.17) is 4.74 Å². The molecule has 0 heterocycles. The van der Waals surface area contributed by atoms with E-state index in [-0.39, 0.29) is 4.83 Å². The van der Waals surface area contributed by atoms with Crippen molar-refractivity contribution in [3.63, 3.8) is 0 Å². The monoisotopic (exact) mass is 382 g/mol. The van der Waals surface area contributed by atoms with Crippen LogP contribution in [0.25, 0.3) is 0 Å². The lowest BCUT2D eigenvalue weighted by atomic mass is 10.0. The average molecular weight is 384 g/mol. The van der Waals surface area contributed by atoms with Gasteiger partial charge in [0, 0.05) is 9.30 Å². The van der Waals surface area contributed by atoms with Gasteiger partial charge in [-0.3, -0.25) is 0 Å². The van der Waals surface area contributed by atoms with Crippen molar-refractivity contribution in [1.82, 2.24) is 0 Å². The van der Waals surface area contributed by atoms with Crippen molar-refractivity contribution in [2.45, 2.75) is 18.2 Å². The summed E-state index contributed by atoms with van der Waals surface area (Å²) >= 11 is 7.41. The minimum Gasteiger partial charge on any atom is -0.496 e. The van der Waals surface area contributed by atoms with E-state index in [9.17, 15) is 0 Å². The Hall–Kier alpha value is -0.800. The summed E-state index contributed by atoms with van der Waals surface area (Å²) in [6, 6.07) is 14.6. The lowest BCUT2D eigenvalue weighted by molar-refractivity contribution is 0.409. The lowest BCUT2D eigenvalue weighted by Crippen LogP contribution is -1.99. The highest BCUT2D eigenvalue weighted by atomic mass is 79.9. The largest absolute Gasteiger partial charge is 0.496 e. The molecule has 0 saturated heterocycles. The maximum absolute atomic E-state index is 5.40. The molecule has 0 aliphatic rings. The van der Waals surface area contributed by atoms with Crippen LogP contribution in [0.3, 0.4) is 0 Å². The quantitative estimate of drug-likeness (QED) is 0.638. The smallest absolute Gasteiger partial charge is 0.122 e. The van der Waals surface area contributed by atoms with Crippen LogP contribution >= 0.6 is 31.9 Å². The van der Waals surface area contributed by atoms with Gasteiger partial charge in [-0.25, -0.2) is 0 Å². The fraction of sp³-hybridized carbons (Fsp3) is 0.250. The number of ether oxygens (including phenoxy) is 1. The molecule has 1 nitrogen and oxygen atoms in total. The van der Waals surface area contributed by atoms with Crippen molar-refractivity contribution in [1.29, 1.82) is 0 Å². The highest BCUT2D eigenvalue weighted by Gasteiger charge is 2.14. The minimum atomic E-state index is 0.263. The number of methoxy groups -OCH3 is 1. The highest BCUT2D eigenvalue weighted by molar-refractivity contribution is 9.11. The normalized spacial score (nSPS) is 12.2. The van der Waals surface area contributed by atoms with Gasteiger partial charge < -0.3 is 4.74 Å². The zero-order chi connectivity index (χ0) is 13.8. The Bertz CT molecular complexity index is 566. The first-order valence-electron chi connectivity index (χ1n) is 6.14. The van der Waals surface area contributed by atoms with Crippen LogP contribution in [-0.2, 0) is 6.42 Å². The van der Waals surface area contributed by atoms with E-state index in [2.05, 4.69) is 63.0 Å². The van der Waals surface area contributed by atoms with Crippen LogP contribution in [0.2, 0.25) is 0 Å². The number of rotatable bonds is 4. The first-order chi connectivity index (χ1) is 9.11. The Labute approximate surface area is 131 Å². The van der Waals surface area contributed by atoms with E-state index in [0.29, 0.717) is 0 Å². The molecule has 0 aliphatic carbocycles. The Morgan fingerprint density at radius 3 is 2.58 bits per heavy atom. The van der Waals surface area contributed by atoms with Crippen LogP contribution in [0.15, 0.2) is 46.9 Å². The summed E-state index contributed by atoms with van der Waals surface area (Å²) in [5.41, 5.74) is 3.73. The molecule has 100 valence electrons. The van der Waals surface area contributed by atoms with E-state index >= 15 is 0 Å². The second kappa shape index (κ2) is 6.58. The maximum Gasteiger partial charge on any atom is 0.122 e. The number of hydrogen-bond donors (Lipinski definition) is 0. The first-order valence-corrected chi connectivity index (χ1v) is 7.84. The number of benzene rings is 2. The van der Waals surface area contributed by atoms with Crippen LogP contribution in [0.4, 0.5) is 0 Å². The standard InChI is InChI=1S/C16H16Br2O/c1-11-7-8-13(14(17)9-11)15(18)10-12-5-3-4-6-16(12)19-2/h3-9,15H,10H2,1-2H3. The van der Waals surface area contributed by atoms with Gasteiger partial charge in [0.25, 0.3) is 0 Å². The molecule has 2 aromatic rings. The lowest BCUT2D eigenvalue weighted by Gasteiger charge is -2.15. The number of hydrogen-bond acceptors (Lipinski definition) is 1. The summed E-state index contributed by atoms with van der Waals surface area (Å²) in [5.74, 6) is 0.940. The SMILES string of the molecule is COc1ccccc1CC(Br)c1ccc(C)cc1Br. The van der Waals surface area contributed by atoms with Gasteiger partial charge in [-0.15, -0.1) is 0 Å². The molecule has 3 heteroatoms. The van der Waals surface area contributed by atoms with Crippen molar-refractivity contribution in [2.75, 3.05) is 7.11 Å². The van der Waals surface area contributed by atoms with Gasteiger partial charge in [-0.1, -0.05) is 62.2 Å². The van der Waals surface area contributed by atoms with Crippen LogP contribution < -0.4 is 4.74 Å². The Morgan fingerprint density at radius 2 is 1.89 bits per heavy atom. The number of alkyl halides is 1. The molecule has 19 heavy (non-hydrogen) atoms. The molecule has 2 aromatic carbocycles. The molecule has 0 aromatic heterocycles. The third kappa shape index (κ3) is 3.61. The summed E-state index contributed by atoms with van der Waals surface area (Å²) in [7, 11) is 1.71. The van der Waals surface area contributed by atoms with Gasteiger partial charge in [0.05, 0.1) is 7.11 Å². The topological polar surface area (TPSA) is 9.23 Å². The van der Waals surface area contributed by atoms with Gasteiger partial charge in [-0.2, -0.15) is 0 Å². The molecule has 0 saturated carbocycles. The Morgan fingerprint density at radius 1 is 1.16 bits per heavy atom. The van der Waals surface area contributed by atoms with Crippen molar-refractivity contribution in [2.24, 2.45) is 0 Å². The van der Waals surface area contributed by atoms with Crippen LogP contribution in [0.1, 0.15) is 21.5 Å². The molecule has 0 bridgehead atoms. The van der Waals surface area contributed by atoms with E-state index in [1.165, 1.54) is 16.7 Å². The van der Waals surface area contributed by atoms with Gasteiger partial charge in [0.2, 0.25) is 0 Å². The first kappa shape index (κ1) is 14.6. The number of halogens is 2. The molecule has 2 rings (SSSR count). The molecular weight excluding hydrogens is 368 g/mol. The van der Waals surface area contributed by atoms with Gasteiger partial charge in [-0.05, 0) is 42.2 Å². The van der Waals surface area contributed by atoms with Crippen molar-refractivity contribution < 1.29 is 4.74 Å². The summed E-state index contributed by atoms with van der Waals surface area (Å²) in [5, 5.41) is 0. The van der Waals surface area contributed by atoms with Crippen molar-refractivity contribution in [3.05, 3.63) is 63.6 Å². The molecule has 0 spiro atoms. The molecule has 1 unspecified atom stereocenters. The third-order valence-corrected chi connectivity index (χ3v) is 4.59. The van der Waals surface area contributed by atoms with Crippen molar-refractivity contribution in [3.8, 4) is 5.75 Å². The predicted molar refractivity (Wildman–Crippen MR) is 87.2 cm³/mol. The van der Waals surface area contributed by atoms with Crippen molar-refractivity contribution >= 4 is 31.9 Å². The molecule has 0 amide bonds. The maximum atomic E-state index is 5.40. The summed E-state index contributed by atoms with van der Waals surface area (Å²) in [4.78, 5) is 0.263. The predicted octanol–water partition coefficient (Wildman–Crippen LogP) is 5.44. The zero-order valence-electron chi connectivity index (χ0n) is 11.0. The molecule has 0 aliphatic heterocycles. The highest BCUT2D eigenvalue weighted by Crippen LogP contribution is 2.35. The second-order valence-corrected chi connectivity index (χ2v) is 6.47. The zero-order valence-corrected chi connectivity index (χ0v) is 14.2. The third-order valence-electron chi connectivity index (χ3n) is 3.09. The second-order valence-electron chi connectivity index (χ2n) is 4.51. The Kier molecular flexibility index (Phi) is 5.06. The molecule has 1 atom stereocenters. The summed E-state index contributed by atoms with van der Waals surface area (Å²) in [6.07, 6.45) is 0.895. The van der Waals surface area contributed by atoms with Crippen LogP contribution in [0.5, 0.6) is 5.75 Å². The molecule has 0 fully saturated rings. The number of para-hydroxylation sites is 1. The molecular formula is C16H16Br2O. The Balaban J connectivity index is 2.23. The van der Waals surface area contributed by atoms with Gasteiger partial charge >= 0.3 is 0 Å². The van der Waals surface area contributed by atoms with E-state index in [0.717, 1.165) is 16.6 Å². The van der Waals surface area contributed by atoms with Crippen LogP contribution in [-0.4, -0.2) is 7.11 Å². The average Bonchev–Trinajstić information content (AvgIpc) is 2.39. The summed E-state index contributed by atoms with van der Waals surface area (Å²) < 4.78 is 6.54. The van der Waals surface area contributed by atoms with Crippen LogP contribution in [0, 0.1) is 6.92 Å². The fourth-order valence-corrected chi connectivity index (χ4v) is 3.89. The fourth-order valence-electron chi connectivity index (χ4n) is 2.06. The number of aryl methyl sites for hydroxylation is 1.